The molecule has 4 rings (SSSR count). The first-order valence-corrected chi connectivity index (χ1v) is 9.42. The van der Waals surface area contributed by atoms with Gasteiger partial charge in [-0.05, 0) is 0 Å². The van der Waals surface area contributed by atoms with Crippen molar-refractivity contribution in [1.29, 1.82) is 0 Å². The second-order valence-corrected chi connectivity index (χ2v) is 6.95. The number of imidazole rings is 1. The number of ether oxygens (including phenoxy) is 2. The number of aromatic nitrogens is 3. The van der Waals surface area contributed by atoms with Gasteiger partial charge in [0, 0.05) is 17.7 Å². The highest BCUT2D eigenvalue weighted by Gasteiger charge is 2.20. The van der Waals surface area contributed by atoms with Crippen LogP contribution in [-0.2, 0) is 0 Å². The molecule has 0 saturated carbocycles. The molecule has 0 aliphatic heterocycles. The topological polar surface area (TPSA) is 126 Å². The van der Waals surface area contributed by atoms with E-state index in [4.69, 9.17) is 26.1 Å². The monoisotopic (exact) mass is 409 g/mol. The second kappa shape index (κ2) is 7.78. The highest BCUT2D eigenvalue weighted by atomic mass is 32.1. The van der Waals surface area contributed by atoms with Gasteiger partial charge in [-0.2, -0.15) is 5.10 Å². The van der Waals surface area contributed by atoms with Crippen molar-refractivity contribution in [3.8, 4) is 27.9 Å². The maximum absolute atomic E-state index is 5.62. The molecular formula is C19H19N7O2S. The Morgan fingerprint density at radius 3 is 2.52 bits per heavy atom. The summed E-state index contributed by atoms with van der Waals surface area (Å²) in [6.07, 6.45) is 1.70. The Balaban J connectivity index is 1.92. The molecule has 0 amide bonds. The summed E-state index contributed by atoms with van der Waals surface area (Å²) in [5.74, 6) is 12.7. The van der Waals surface area contributed by atoms with Gasteiger partial charge >= 0.3 is 0 Å². The van der Waals surface area contributed by atoms with Crippen LogP contribution in [0.25, 0.3) is 27.4 Å². The van der Waals surface area contributed by atoms with Gasteiger partial charge in [0.2, 0.25) is 0 Å². The zero-order valence-corrected chi connectivity index (χ0v) is 16.6. The number of rotatable bonds is 5. The second-order valence-electron chi connectivity index (χ2n) is 5.97. The number of fused-ring (bicyclic) bond motifs is 1. The van der Waals surface area contributed by atoms with Crippen molar-refractivity contribution < 1.29 is 9.47 Å². The Morgan fingerprint density at radius 2 is 1.86 bits per heavy atom. The molecule has 0 saturated heterocycles. The largest absolute Gasteiger partial charge is 0.493 e. The third kappa shape index (κ3) is 3.24. The van der Waals surface area contributed by atoms with Crippen molar-refractivity contribution in [2.24, 2.45) is 16.8 Å². The van der Waals surface area contributed by atoms with Crippen molar-refractivity contribution in [2.75, 3.05) is 14.2 Å². The van der Waals surface area contributed by atoms with Crippen LogP contribution >= 0.6 is 11.3 Å². The summed E-state index contributed by atoms with van der Waals surface area (Å²) in [4.78, 5) is 10.0. The van der Waals surface area contributed by atoms with Gasteiger partial charge in [0.25, 0.3) is 0 Å². The molecule has 9 nitrogen and oxygen atoms in total. The molecule has 10 heteroatoms. The first-order valence-electron chi connectivity index (χ1n) is 8.60. The Labute approximate surface area is 170 Å². The van der Waals surface area contributed by atoms with Gasteiger partial charge in [-0.15, -0.1) is 0 Å². The summed E-state index contributed by atoms with van der Waals surface area (Å²) in [5.41, 5.74) is 5.76. The van der Waals surface area contributed by atoms with E-state index in [1.54, 1.807) is 20.5 Å². The van der Waals surface area contributed by atoms with Crippen LogP contribution in [0.3, 0.4) is 0 Å². The first kappa shape index (κ1) is 18.7. The van der Waals surface area contributed by atoms with E-state index in [-0.39, 0.29) is 0 Å². The molecule has 2 heterocycles. The number of nitrogens with zero attached hydrogens (tertiary/aromatic N) is 4. The lowest BCUT2D eigenvalue weighted by Crippen LogP contribution is -2.31. The van der Waals surface area contributed by atoms with Gasteiger partial charge in [-0.3, -0.25) is 4.57 Å². The van der Waals surface area contributed by atoms with E-state index in [0.717, 1.165) is 27.2 Å². The number of amidine groups is 1. The molecule has 2 aromatic carbocycles. The average molecular weight is 409 g/mol. The lowest BCUT2D eigenvalue weighted by atomic mass is 10.1. The number of hydrazone groups is 1. The molecule has 2 aromatic heterocycles. The number of nitrogens with one attached hydrogen (secondary N) is 1. The summed E-state index contributed by atoms with van der Waals surface area (Å²) in [6, 6.07) is 13.4. The highest BCUT2D eigenvalue weighted by Crippen LogP contribution is 2.35. The van der Waals surface area contributed by atoms with E-state index >= 15 is 0 Å². The molecule has 0 unspecified atom stereocenters. The molecular weight excluding hydrogens is 390 g/mol. The molecule has 5 N–H and O–H groups in total. The Kier molecular flexibility index (Phi) is 5.02. The molecule has 0 bridgehead atoms. The molecule has 0 fully saturated rings. The van der Waals surface area contributed by atoms with Crippen LogP contribution in [0, 0.1) is 0 Å². The maximum atomic E-state index is 5.62. The molecule has 29 heavy (non-hydrogen) atoms. The normalized spacial score (nSPS) is 11.6. The van der Waals surface area contributed by atoms with Crippen LogP contribution in [0.5, 0.6) is 11.5 Å². The fourth-order valence-electron chi connectivity index (χ4n) is 3.01. The van der Waals surface area contributed by atoms with Crippen LogP contribution in [0.2, 0.25) is 0 Å². The Bertz CT molecular complexity index is 1180. The smallest absolute Gasteiger partial charge is 0.196 e. The summed E-state index contributed by atoms with van der Waals surface area (Å²) in [7, 11) is 3.18. The molecule has 0 aliphatic carbocycles. The number of hydrogen-bond acceptors (Lipinski definition) is 8. The molecule has 4 aromatic rings. The van der Waals surface area contributed by atoms with Crippen molar-refractivity contribution >= 4 is 28.2 Å². The van der Waals surface area contributed by atoms with Gasteiger partial charge in [-0.25, -0.2) is 15.8 Å². The quantitative estimate of drug-likeness (QED) is 0.200. The van der Waals surface area contributed by atoms with Crippen LogP contribution in [0.4, 0.5) is 0 Å². The first-order chi connectivity index (χ1) is 14.2. The number of methoxy groups -OCH3 is 2. The van der Waals surface area contributed by atoms with E-state index in [1.165, 1.54) is 11.3 Å². The van der Waals surface area contributed by atoms with E-state index in [2.05, 4.69) is 15.5 Å². The number of hydrogen-bond donors (Lipinski definition) is 3. The van der Waals surface area contributed by atoms with Crippen LogP contribution in [0.15, 0.2) is 53.9 Å². The minimum atomic E-state index is 0.344. The number of benzene rings is 2. The lowest BCUT2D eigenvalue weighted by molar-refractivity contribution is 0.355. The lowest BCUT2D eigenvalue weighted by Gasteiger charge is -2.07. The highest BCUT2D eigenvalue weighted by molar-refractivity contribution is 7.16. The van der Waals surface area contributed by atoms with Crippen molar-refractivity contribution in [3.05, 3.63) is 53.7 Å². The Hall–Kier alpha value is -3.63. The minimum absolute atomic E-state index is 0.344. The summed E-state index contributed by atoms with van der Waals surface area (Å²) >= 11 is 1.39. The molecule has 148 valence electrons. The van der Waals surface area contributed by atoms with Crippen molar-refractivity contribution in [2.45, 2.75) is 0 Å². The van der Waals surface area contributed by atoms with Crippen molar-refractivity contribution in [1.82, 2.24) is 20.0 Å². The van der Waals surface area contributed by atoms with E-state index in [1.807, 2.05) is 47.0 Å². The molecule has 0 spiro atoms. The summed E-state index contributed by atoms with van der Waals surface area (Å²) in [6.45, 7) is 0. The third-order valence-electron chi connectivity index (χ3n) is 4.40. The van der Waals surface area contributed by atoms with Gasteiger partial charge < -0.3 is 20.7 Å². The fraction of sp³-hybridized carbons (Fsp3) is 0.105. The van der Waals surface area contributed by atoms with Crippen LogP contribution in [-0.4, -0.2) is 34.6 Å². The third-order valence-corrected chi connectivity index (χ3v) is 5.46. The standard InChI is InChI=1S/C19H19N7O2S/c1-27-14-8-12-13(9-15(14)28-2)26(10-22-12)19-23-16(11-6-4-3-5-7-11)17(29-19)18(24-20)25-21/h3-10H,20-21H2,1-2H3,(H,24,25). The average Bonchev–Trinajstić information content (AvgIpc) is 3.38. The molecule has 0 atom stereocenters. The van der Waals surface area contributed by atoms with E-state index in [9.17, 15) is 0 Å². The van der Waals surface area contributed by atoms with Gasteiger partial charge in [0.05, 0.1) is 30.9 Å². The van der Waals surface area contributed by atoms with Gasteiger partial charge in [0.15, 0.2) is 22.5 Å². The molecule has 0 radical (unpaired) electrons. The maximum Gasteiger partial charge on any atom is 0.196 e. The predicted molar refractivity (Wildman–Crippen MR) is 113 cm³/mol. The van der Waals surface area contributed by atoms with Crippen LogP contribution < -0.4 is 26.6 Å². The van der Waals surface area contributed by atoms with E-state index in [0.29, 0.717) is 22.5 Å². The fourth-order valence-corrected chi connectivity index (χ4v) is 4.05. The zero-order valence-electron chi connectivity index (χ0n) is 15.8. The predicted octanol–water partition coefficient (Wildman–Crippen LogP) is 2.25. The van der Waals surface area contributed by atoms with Crippen LogP contribution in [0.1, 0.15) is 4.88 Å². The van der Waals surface area contributed by atoms with Crippen molar-refractivity contribution in [3.63, 3.8) is 0 Å². The number of thiazole rings is 1. The summed E-state index contributed by atoms with van der Waals surface area (Å²) < 4.78 is 12.7. The minimum Gasteiger partial charge on any atom is -0.493 e. The van der Waals surface area contributed by atoms with Gasteiger partial charge in [0.1, 0.15) is 11.2 Å². The molecule has 0 aliphatic rings. The summed E-state index contributed by atoms with van der Waals surface area (Å²) in [5, 5.41) is 4.44. The van der Waals surface area contributed by atoms with E-state index < -0.39 is 0 Å². The number of hydrazine groups is 1. The van der Waals surface area contributed by atoms with Gasteiger partial charge in [-0.1, -0.05) is 41.7 Å². The number of nitrogens with two attached hydrogens (primary N) is 2. The Morgan fingerprint density at radius 1 is 1.14 bits per heavy atom. The SMILES string of the molecule is COc1cc2ncn(-c3nc(-c4ccccc4)c(/C(=N/N)NN)s3)c2cc1OC. The zero-order chi connectivity index (χ0) is 20.4.